The van der Waals surface area contributed by atoms with Crippen LogP contribution in [0.3, 0.4) is 0 Å². The van der Waals surface area contributed by atoms with Crippen LogP contribution >= 0.6 is 11.6 Å². The van der Waals surface area contributed by atoms with E-state index in [4.69, 9.17) is 16.3 Å². The van der Waals surface area contributed by atoms with E-state index < -0.39 is 10.0 Å². The van der Waals surface area contributed by atoms with E-state index >= 15 is 0 Å². The highest BCUT2D eigenvalue weighted by molar-refractivity contribution is 7.89. The number of carbonyl (C=O) groups excluding carboxylic acids is 1. The lowest BCUT2D eigenvalue weighted by molar-refractivity contribution is 0.0743. The molecule has 0 aromatic heterocycles. The smallest absolute Gasteiger partial charge is 0.257 e. The van der Waals surface area contributed by atoms with Gasteiger partial charge in [0.05, 0.1) is 17.6 Å². The molecule has 2 saturated heterocycles. The van der Waals surface area contributed by atoms with Gasteiger partial charge in [0.1, 0.15) is 5.75 Å². The fraction of sp³-hybridized carbons (Fsp3) is 0.458. The molecule has 0 spiro atoms. The molecule has 2 fully saturated rings. The maximum Gasteiger partial charge on any atom is 0.257 e. The summed E-state index contributed by atoms with van der Waals surface area (Å²) in [4.78, 5) is 17.4. The second kappa shape index (κ2) is 9.91. The summed E-state index contributed by atoms with van der Waals surface area (Å²) in [7, 11) is -2.17. The minimum atomic E-state index is -3.66. The van der Waals surface area contributed by atoms with Gasteiger partial charge < -0.3 is 14.5 Å². The van der Waals surface area contributed by atoms with Crippen molar-refractivity contribution < 1.29 is 17.9 Å². The number of hydrogen-bond acceptors (Lipinski definition) is 5. The Morgan fingerprint density at radius 1 is 1.00 bits per heavy atom. The molecule has 2 heterocycles. The average molecular weight is 492 g/mol. The summed E-state index contributed by atoms with van der Waals surface area (Å²) in [5.74, 6) is 0.681. The number of halogens is 1. The van der Waals surface area contributed by atoms with Gasteiger partial charge in [-0.3, -0.25) is 4.79 Å². The predicted octanol–water partition coefficient (Wildman–Crippen LogP) is 3.73. The van der Waals surface area contributed by atoms with Gasteiger partial charge in [0.2, 0.25) is 10.0 Å². The summed E-state index contributed by atoms with van der Waals surface area (Å²) < 4.78 is 33.4. The molecule has 9 heteroatoms. The average Bonchev–Trinajstić information content (AvgIpc) is 2.83. The maximum absolute atomic E-state index is 13.4. The fourth-order valence-corrected chi connectivity index (χ4v) is 6.08. The molecular weight excluding hydrogens is 462 g/mol. The number of hydrogen-bond donors (Lipinski definition) is 0. The number of ether oxygens (including phenoxy) is 1. The van der Waals surface area contributed by atoms with E-state index in [1.54, 1.807) is 11.0 Å². The molecule has 0 aliphatic carbocycles. The molecule has 178 valence electrons. The van der Waals surface area contributed by atoms with Crippen LogP contribution < -0.4 is 9.64 Å². The van der Waals surface area contributed by atoms with E-state index in [1.165, 1.54) is 23.5 Å². The molecule has 4 rings (SSSR count). The van der Waals surface area contributed by atoms with Crippen molar-refractivity contribution in [2.24, 2.45) is 5.92 Å². The molecule has 1 amide bonds. The van der Waals surface area contributed by atoms with Crippen LogP contribution in [-0.2, 0) is 10.0 Å². The van der Waals surface area contributed by atoms with Crippen molar-refractivity contribution in [3.63, 3.8) is 0 Å². The highest BCUT2D eigenvalue weighted by Crippen LogP contribution is 2.29. The molecule has 0 N–H and O–H groups in total. The van der Waals surface area contributed by atoms with Crippen LogP contribution in [0.4, 0.5) is 5.69 Å². The summed E-state index contributed by atoms with van der Waals surface area (Å²) in [5, 5.41) is 0.678. The van der Waals surface area contributed by atoms with Gasteiger partial charge >= 0.3 is 0 Å². The number of carbonyl (C=O) groups is 1. The quantitative estimate of drug-likeness (QED) is 0.637. The van der Waals surface area contributed by atoms with Gasteiger partial charge in [0.15, 0.2) is 0 Å². The number of rotatable bonds is 5. The molecule has 7 nitrogen and oxygen atoms in total. The molecule has 2 aliphatic heterocycles. The lowest BCUT2D eigenvalue weighted by Gasteiger charge is -2.36. The Kier molecular flexibility index (Phi) is 7.16. The number of piperazine rings is 1. The lowest BCUT2D eigenvalue weighted by Crippen LogP contribution is -2.48. The van der Waals surface area contributed by atoms with Crippen LogP contribution in [0.2, 0.25) is 5.02 Å². The largest absolute Gasteiger partial charge is 0.496 e. The molecule has 33 heavy (non-hydrogen) atoms. The zero-order valence-electron chi connectivity index (χ0n) is 19.0. The minimum absolute atomic E-state index is 0.138. The minimum Gasteiger partial charge on any atom is -0.496 e. The molecule has 2 aromatic rings. The van der Waals surface area contributed by atoms with Crippen molar-refractivity contribution >= 4 is 33.2 Å². The second-order valence-corrected chi connectivity index (χ2v) is 11.1. The first-order chi connectivity index (χ1) is 15.8. The fourth-order valence-electron chi connectivity index (χ4n) is 4.40. The summed E-state index contributed by atoms with van der Waals surface area (Å²) in [6.45, 7) is 5.52. The first-order valence-electron chi connectivity index (χ1n) is 11.3. The van der Waals surface area contributed by atoms with E-state index in [2.05, 4.69) is 11.8 Å². The van der Waals surface area contributed by atoms with E-state index in [0.29, 0.717) is 56.0 Å². The highest BCUT2D eigenvalue weighted by atomic mass is 35.5. The Balaban J connectivity index is 1.51. The van der Waals surface area contributed by atoms with Crippen LogP contribution in [0.15, 0.2) is 47.4 Å². The number of amides is 1. The second-order valence-electron chi connectivity index (χ2n) is 8.71. The molecule has 0 saturated carbocycles. The van der Waals surface area contributed by atoms with E-state index in [9.17, 15) is 13.2 Å². The molecule has 0 radical (unpaired) electrons. The number of piperidine rings is 1. The number of methoxy groups -OCH3 is 1. The molecular formula is C24H30ClN3O4S. The van der Waals surface area contributed by atoms with Crippen molar-refractivity contribution in [1.29, 1.82) is 0 Å². The van der Waals surface area contributed by atoms with Gasteiger partial charge in [-0.25, -0.2) is 8.42 Å². The number of anilines is 1. The van der Waals surface area contributed by atoms with E-state index in [1.807, 2.05) is 24.3 Å². The van der Waals surface area contributed by atoms with Crippen LogP contribution in [0.25, 0.3) is 0 Å². The highest BCUT2D eigenvalue weighted by Gasteiger charge is 2.31. The molecule has 2 aromatic carbocycles. The molecule has 0 atom stereocenters. The lowest BCUT2D eigenvalue weighted by atomic mass is 10.0. The monoisotopic (exact) mass is 491 g/mol. The number of nitrogens with zero attached hydrogens (tertiary/aromatic N) is 3. The summed E-state index contributed by atoms with van der Waals surface area (Å²) >= 11 is 6.11. The number of benzene rings is 2. The first kappa shape index (κ1) is 23.9. The third kappa shape index (κ3) is 5.13. The summed E-state index contributed by atoms with van der Waals surface area (Å²) in [6.07, 6.45) is 1.69. The van der Waals surface area contributed by atoms with Gasteiger partial charge in [-0.05, 0) is 55.2 Å². The van der Waals surface area contributed by atoms with Crippen molar-refractivity contribution in [3.05, 3.63) is 53.1 Å². The van der Waals surface area contributed by atoms with Crippen LogP contribution in [-0.4, -0.2) is 69.9 Å². The first-order valence-corrected chi connectivity index (χ1v) is 13.1. The molecule has 0 unspecified atom stereocenters. The third-order valence-corrected chi connectivity index (χ3v) is 8.65. The van der Waals surface area contributed by atoms with Gasteiger partial charge in [0.25, 0.3) is 5.91 Å². The molecule has 0 bridgehead atoms. The van der Waals surface area contributed by atoms with E-state index in [0.717, 1.165) is 18.5 Å². The Morgan fingerprint density at radius 3 is 2.33 bits per heavy atom. The Bertz CT molecular complexity index is 1110. The normalized spacial score (nSPS) is 18.4. The van der Waals surface area contributed by atoms with Crippen LogP contribution in [0.1, 0.15) is 30.1 Å². The Morgan fingerprint density at radius 2 is 1.70 bits per heavy atom. The van der Waals surface area contributed by atoms with Crippen molar-refractivity contribution in [1.82, 2.24) is 9.21 Å². The van der Waals surface area contributed by atoms with Gasteiger partial charge in [-0.15, -0.1) is 0 Å². The van der Waals surface area contributed by atoms with Gasteiger partial charge in [-0.1, -0.05) is 24.6 Å². The maximum atomic E-state index is 13.4. The summed E-state index contributed by atoms with van der Waals surface area (Å²) in [5.41, 5.74) is 1.30. The van der Waals surface area contributed by atoms with E-state index in [-0.39, 0.29) is 16.4 Å². The summed E-state index contributed by atoms with van der Waals surface area (Å²) in [6, 6.07) is 12.2. The van der Waals surface area contributed by atoms with Crippen LogP contribution in [0.5, 0.6) is 5.75 Å². The Labute approximate surface area is 200 Å². The van der Waals surface area contributed by atoms with Crippen molar-refractivity contribution in [2.75, 3.05) is 51.3 Å². The van der Waals surface area contributed by atoms with Crippen LogP contribution in [0, 0.1) is 5.92 Å². The van der Waals surface area contributed by atoms with Crippen molar-refractivity contribution in [3.8, 4) is 5.75 Å². The zero-order chi connectivity index (χ0) is 23.6. The van der Waals surface area contributed by atoms with Crippen molar-refractivity contribution in [2.45, 2.75) is 24.7 Å². The SMILES string of the molecule is COc1ccc(S(=O)(=O)N2CCC(C)CC2)cc1C(=O)N1CCN(c2cccc(Cl)c2)CC1. The van der Waals surface area contributed by atoms with Gasteiger partial charge in [0, 0.05) is 50.0 Å². The Hall–Kier alpha value is -2.29. The number of sulfonamides is 1. The predicted molar refractivity (Wildman–Crippen MR) is 130 cm³/mol. The topological polar surface area (TPSA) is 70.2 Å². The standard InChI is InChI=1S/C24H30ClN3O4S/c1-18-8-10-28(11-9-18)33(30,31)21-6-7-23(32-2)22(17-21)24(29)27-14-12-26(13-15-27)20-5-3-4-19(25)16-20/h3-7,16-18H,8-15H2,1-2H3. The van der Waals surface area contributed by atoms with Gasteiger partial charge in [-0.2, -0.15) is 4.31 Å². The molecule has 2 aliphatic rings. The third-order valence-electron chi connectivity index (χ3n) is 6.52. The zero-order valence-corrected chi connectivity index (χ0v) is 20.6.